The summed E-state index contributed by atoms with van der Waals surface area (Å²) in [4.78, 5) is 26.6. The highest BCUT2D eigenvalue weighted by Gasteiger charge is 2.29. The van der Waals surface area contributed by atoms with Gasteiger partial charge in [-0.3, -0.25) is 4.79 Å². The second kappa shape index (κ2) is 14.6. The molecule has 0 aliphatic carbocycles. The standard InChI is InChI=1S/C25H29Br4NO4/c1-3-4-5-6-7-8-9-10-15-34-17-13-11-16(12-14-17)30(2)24(31)18-19(25(32)33)21(27)23(29)22(28)20(18)26/h11-14H,3-10,15H2,1-2H3,(H,32,33). The summed E-state index contributed by atoms with van der Waals surface area (Å²) in [6.07, 6.45) is 9.99. The molecule has 0 spiro atoms. The summed E-state index contributed by atoms with van der Waals surface area (Å²) in [6, 6.07) is 7.23. The SMILES string of the molecule is CCCCCCCCCCOc1ccc(N(C)C(=O)c2c(Br)c(Br)c(Br)c(Br)c2C(=O)O)cc1. The summed E-state index contributed by atoms with van der Waals surface area (Å²) in [6.45, 7) is 2.90. The van der Waals surface area contributed by atoms with Gasteiger partial charge < -0.3 is 14.7 Å². The first kappa shape index (κ1) is 29.3. The number of rotatable bonds is 13. The van der Waals surface area contributed by atoms with Crippen LogP contribution in [-0.2, 0) is 0 Å². The molecule has 0 heterocycles. The molecule has 2 rings (SSSR count). The van der Waals surface area contributed by atoms with Gasteiger partial charge in [0.15, 0.2) is 0 Å². The van der Waals surface area contributed by atoms with Crippen molar-refractivity contribution in [2.24, 2.45) is 0 Å². The van der Waals surface area contributed by atoms with E-state index in [1.54, 1.807) is 19.2 Å². The number of nitrogens with zero attached hydrogens (tertiary/aromatic N) is 1. The van der Waals surface area contributed by atoms with Crippen LogP contribution in [0, 0.1) is 0 Å². The number of hydrogen-bond donors (Lipinski definition) is 1. The van der Waals surface area contributed by atoms with Gasteiger partial charge in [-0.1, -0.05) is 51.9 Å². The van der Waals surface area contributed by atoms with Crippen LogP contribution >= 0.6 is 63.7 Å². The van der Waals surface area contributed by atoms with Crippen molar-refractivity contribution in [1.82, 2.24) is 0 Å². The van der Waals surface area contributed by atoms with Crippen molar-refractivity contribution in [3.8, 4) is 5.75 Å². The zero-order chi connectivity index (χ0) is 25.3. The average Bonchev–Trinajstić information content (AvgIpc) is 2.83. The molecule has 0 aromatic heterocycles. The van der Waals surface area contributed by atoms with E-state index in [0.29, 0.717) is 25.7 Å². The van der Waals surface area contributed by atoms with E-state index in [9.17, 15) is 14.7 Å². The zero-order valence-corrected chi connectivity index (χ0v) is 25.6. The van der Waals surface area contributed by atoms with Crippen LogP contribution in [-0.4, -0.2) is 30.6 Å². The van der Waals surface area contributed by atoms with E-state index in [1.807, 2.05) is 12.1 Å². The molecular weight excluding hydrogens is 698 g/mol. The van der Waals surface area contributed by atoms with Gasteiger partial charge in [0.25, 0.3) is 5.91 Å². The van der Waals surface area contributed by atoms with Gasteiger partial charge in [0.2, 0.25) is 0 Å². The first-order valence-electron chi connectivity index (χ1n) is 11.3. The topological polar surface area (TPSA) is 66.8 Å². The van der Waals surface area contributed by atoms with Crippen LogP contribution in [0.1, 0.15) is 79.0 Å². The van der Waals surface area contributed by atoms with Crippen molar-refractivity contribution >= 4 is 81.3 Å². The molecule has 0 saturated heterocycles. The minimum absolute atomic E-state index is 0.0481. The summed E-state index contributed by atoms with van der Waals surface area (Å²) >= 11 is 13.4. The number of amides is 1. The molecule has 0 bridgehead atoms. The number of hydrogen-bond acceptors (Lipinski definition) is 3. The molecule has 0 radical (unpaired) electrons. The number of carboxylic acid groups (broad SMARTS) is 1. The third-order valence-electron chi connectivity index (χ3n) is 5.49. The molecule has 1 amide bonds. The number of aromatic carboxylic acids is 1. The number of halogens is 4. The molecule has 0 aliphatic rings. The molecule has 186 valence electrons. The maximum absolute atomic E-state index is 13.3. The smallest absolute Gasteiger partial charge is 0.337 e. The van der Waals surface area contributed by atoms with Crippen LogP contribution in [0.3, 0.4) is 0 Å². The molecule has 34 heavy (non-hydrogen) atoms. The van der Waals surface area contributed by atoms with Gasteiger partial charge >= 0.3 is 5.97 Å². The number of ether oxygens (including phenoxy) is 1. The summed E-state index contributed by atoms with van der Waals surface area (Å²) in [5.41, 5.74) is 0.555. The summed E-state index contributed by atoms with van der Waals surface area (Å²) in [5.74, 6) is -0.915. The third kappa shape index (κ3) is 7.80. The highest BCUT2D eigenvalue weighted by Crippen LogP contribution is 2.42. The molecule has 0 saturated carbocycles. The van der Waals surface area contributed by atoms with Gasteiger partial charge in [-0.25, -0.2) is 4.79 Å². The Balaban J connectivity index is 1.99. The predicted octanol–water partition coefficient (Wildman–Crippen LogP) is 9.23. The van der Waals surface area contributed by atoms with Crippen LogP contribution in [0.25, 0.3) is 0 Å². The predicted molar refractivity (Wildman–Crippen MR) is 151 cm³/mol. The monoisotopic (exact) mass is 723 g/mol. The van der Waals surface area contributed by atoms with E-state index in [2.05, 4.69) is 70.6 Å². The lowest BCUT2D eigenvalue weighted by molar-refractivity contribution is 0.0690. The van der Waals surface area contributed by atoms with Crippen molar-refractivity contribution < 1.29 is 19.4 Å². The lowest BCUT2D eigenvalue weighted by Crippen LogP contribution is -2.28. The number of unbranched alkanes of at least 4 members (excludes halogenated alkanes) is 7. The maximum atomic E-state index is 13.3. The Kier molecular flexibility index (Phi) is 12.6. The second-order valence-corrected chi connectivity index (χ2v) is 11.2. The van der Waals surface area contributed by atoms with Gasteiger partial charge in [0.1, 0.15) is 5.75 Å². The summed E-state index contributed by atoms with van der Waals surface area (Å²) in [5, 5.41) is 9.73. The van der Waals surface area contributed by atoms with E-state index >= 15 is 0 Å². The first-order valence-corrected chi connectivity index (χ1v) is 14.5. The molecule has 9 heteroatoms. The van der Waals surface area contributed by atoms with E-state index < -0.39 is 11.9 Å². The van der Waals surface area contributed by atoms with Crippen molar-refractivity contribution in [3.05, 3.63) is 53.3 Å². The maximum Gasteiger partial charge on any atom is 0.337 e. The van der Waals surface area contributed by atoms with Gasteiger partial charge in [-0.2, -0.15) is 0 Å². The van der Waals surface area contributed by atoms with Crippen LogP contribution in [0.15, 0.2) is 42.2 Å². The zero-order valence-electron chi connectivity index (χ0n) is 19.3. The van der Waals surface area contributed by atoms with Crippen LogP contribution in [0.5, 0.6) is 5.75 Å². The average molecular weight is 727 g/mol. The molecule has 5 nitrogen and oxygen atoms in total. The highest BCUT2D eigenvalue weighted by atomic mass is 79.9. The number of anilines is 1. The van der Waals surface area contributed by atoms with Gasteiger partial charge in [0.05, 0.1) is 17.7 Å². The second-order valence-electron chi connectivity index (χ2n) is 7.99. The van der Waals surface area contributed by atoms with Gasteiger partial charge in [-0.05, 0) is 94.4 Å². The molecule has 2 aromatic rings. The van der Waals surface area contributed by atoms with E-state index in [0.717, 1.165) is 12.2 Å². The molecule has 0 aliphatic heterocycles. The van der Waals surface area contributed by atoms with Gasteiger partial charge in [0, 0.05) is 30.6 Å². The molecule has 0 unspecified atom stereocenters. The van der Waals surface area contributed by atoms with E-state index in [1.165, 1.54) is 49.8 Å². The van der Waals surface area contributed by atoms with Gasteiger partial charge in [-0.15, -0.1) is 0 Å². The fraction of sp³-hybridized carbons (Fsp3) is 0.440. The number of carbonyl (C=O) groups excluding carboxylic acids is 1. The van der Waals surface area contributed by atoms with Crippen LogP contribution in [0.2, 0.25) is 0 Å². The lowest BCUT2D eigenvalue weighted by Gasteiger charge is -2.21. The van der Waals surface area contributed by atoms with Crippen molar-refractivity contribution in [2.45, 2.75) is 58.3 Å². The van der Waals surface area contributed by atoms with Crippen molar-refractivity contribution in [1.29, 1.82) is 0 Å². The fourth-order valence-corrected chi connectivity index (χ4v) is 5.97. The molecule has 2 aromatic carbocycles. The Hall–Kier alpha value is -0.900. The highest BCUT2D eigenvalue weighted by molar-refractivity contribution is 9.15. The molecule has 1 N–H and O–H groups in total. The fourth-order valence-electron chi connectivity index (χ4n) is 3.51. The number of benzene rings is 2. The van der Waals surface area contributed by atoms with Crippen molar-refractivity contribution in [2.75, 3.05) is 18.6 Å². The lowest BCUT2D eigenvalue weighted by atomic mass is 10.1. The Bertz CT molecular complexity index is 996. The summed E-state index contributed by atoms with van der Waals surface area (Å²) < 4.78 is 7.55. The normalized spacial score (nSPS) is 10.9. The van der Waals surface area contributed by atoms with E-state index in [4.69, 9.17) is 4.74 Å². The largest absolute Gasteiger partial charge is 0.494 e. The molecule has 0 atom stereocenters. The van der Waals surface area contributed by atoms with Crippen molar-refractivity contribution in [3.63, 3.8) is 0 Å². The Morgan fingerprint density at radius 1 is 0.794 bits per heavy atom. The quantitative estimate of drug-likeness (QED) is 0.127. The van der Waals surface area contributed by atoms with E-state index in [-0.39, 0.29) is 15.6 Å². The third-order valence-corrected chi connectivity index (χ3v) is 10.3. The Labute approximate surface area is 235 Å². The minimum Gasteiger partial charge on any atom is -0.494 e. The Morgan fingerprint density at radius 2 is 1.29 bits per heavy atom. The van der Waals surface area contributed by atoms with Crippen LogP contribution in [0.4, 0.5) is 5.69 Å². The summed E-state index contributed by atoms with van der Waals surface area (Å²) in [7, 11) is 1.61. The minimum atomic E-state index is -1.21. The first-order chi connectivity index (χ1) is 16.2. The number of carboxylic acids is 1. The number of carbonyl (C=O) groups is 2. The Morgan fingerprint density at radius 3 is 1.82 bits per heavy atom. The molecule has 0 fully saturated rings. The van der Waals surface area contributed by atoms with Crippen LogP contribution < -0.4 is 9.64 Å². The molecular formula is C25H29Br4NO4.